The van der Waals surface area contributed by atoms with Crippen LogP contribution in [0.15, 0.2) is 18.3 Å². The minimum absolute atomic E-state index is 0.0383. The molecule has 0 aromatic carbocycles. The van der Waals surface area contributed by atoms with E-state index in [-0.39, 0.29) is 6.04 Å². The average molecular weight is 314 g/mol. The van der Waals surface area contributed by atoms with Crippen LogP contribution in [0, 0.1) is 0 Å². The number of methoxy groups -OCH3 is 1. The molecule has 1 aliphatic heterocycles. The van der Waals surface area contributed by atoms with Crippen molar-refractivity contribution in [3.05, 3.63) is 23.9 Å². The van der Waals surface area contributed by atoms with Gasteiger partial charge in [0.05, 0.1) is 7.11 Å². The van der Waals surface area contributed by atoms with Gasteiger partial charge in [-0.05, 0) is 12.0 Å². The molecule has 1 aliphatic rings. The molecule has 1 atom stereocenters. The SMILES string of the molecule is COc1ccc(CN2CCC(NS(=O)(=O)N(C)C)C2)cn1. The highest BCUT2D eigenvalue weighted by Crippen LogP contribution is 2.15. The molecule has 1 N–H and O–H groups in total. The topological polar surface area (TPSA) is 74.8 Å². The first kappa shape index (κ1) is 16.2. The van der Waals surface area contributed by atoms with Crippen LogP contribution in [-0.4, -0.2) is 62.9 Å². The molecule has 118 valence electrons. The Morgan fingerprint density at radius 1 is 1.48 bits per heavy atom. The van der Waals surface area contributed by atoms with E-state index < -0.39 is 10.2 Å². The number of likely N-dealkylation sites (tertiary alicyclic amines) is 1. The molecule has 0 bridgehead atoms. The van der Waals surface area contributed by atoms with Crippen molar-refractivity contribution in [2.24, 2.45) is 0 Å². The van der Waals surface area contributed by atoms with Gasteiger partial charge in [0, 0.05) is 52.0 Å². The van der Waals surface area contributed by atoms with Crippen LogP contribution in [0.3, 0.4) is 0 Å². The van der Waals surface area contributed by atoms with Crippen LogP contribution in [0.5, 0.6) is 5.88 Å². The standard InChI is InChI=1S/C13H22N4O3S/c1-16(2)21(18,19)15-12-6-7-17(10-12)9-11-4-5-13(20-3)14-8-11/h4-5,8,12,15H,6-7,9-10H2,1-3H3. The van der Waals surface area contributed by atoms with Gasteiger partial charge in [0.25, 0.3) is 10.2 Å². The van der Waals surface area contributed by atoms with Gasteiger partial charge in [-0.3, -0.25) is 4.90 Å². The van der Waals surface area contributed by atoms with E-state index in [0.717, 1.165) is 25.1 Å². The Morgan fingerprint density at radius 3 is 2.81 bits per heavy atom. The van der Waals surface area contributed by atoms with Crippen LogP contribution in [0.2, 0.25) is 0 Å². The second-order valence-electron chi connectivity index (χ2n) is 5.33. The van der Waals surface area contributed by atoms with Crippen LogP contribution < -0.4 is 9.46 Å². The number of pyridine rings is 1. The summed E-state index contributed by atoms with van der Waals surface area (Å²) in [6, 6.07) is 3.77. The zero-order chi connectivity index (χ0) is 15.5. The highest BCUT2D eigenvalue weighted by molar-refractivity contribution is 7.87. The fourth-order valence-electron chi connectivity index (χ4n) is 2.27. The first-order chi connectivity index (χ1) is 9.90. The van der Waals surface area contributed by atoms with Crippen molar-refractivity contribution in [2.75, 3.05) is 34.3 Å². The van der Waals surface area contributed by atoms with Crippen LogP contribution in [0.4, 0.5) is 0 Å². The molecule has 2 rings (SSSR count). The van der Waals surface area contributed by atoms with Crippen LogP contribution in [0.25, 0.3) is 0 Å². The third kappa shape index (κ3) is 4.37. The van der Waals surface area contributed by atoms with Gasteiger partial charge in [-0.25, -0.2) is 4.98 Å². The Bertz CT molecular complexity index is 559. The third-order valence-corrected chi connectivity index (χ3v) is 5.07. The Balaban J connectivity index is 1.87. The second-order valence-corrected chi connectivity index (χ2v) is 7.25. The van der Waals surface area contributed by atoms with E-state index in [4.69, 9.17) is 4.74 Å². The summed E-state index contributed by atoms with van der Waals surface area (Å²) in [5.41, 5.74) is 1.09. The predicted octanol–water partition coefficient (Wildman–Crippen LogP) is 0.0605. The quantitative estimate of drug-likeness (QED) is 0.804. The lowest BCUT2D eigenvalue weighted by molar-refractivity contribution is 0.323. The van der Waals surface area contributed by atoms with E-state index >= 15 is 0 Å². The van der Waals surface area contributed by atoms with Gasteiger partial charge in [-0.2, -0.15) is 17.4 Å². The van der Waals surface area contributed by atoms with E-state index in [2.05, 4.69) is 14.6 Å². The van der Waals surface area contributed by atoms with Gasteiger partial charge < -0.3 is 4.74 Å². The van der Waals surface area contributed by atoms with Crippen molar-refractivity contribution in [1.29, 1.82) is 0 Å². The molecule has 0 radical (unpaired) electrons. The average Bonchev–Trinajstić information content (AvgIpc) is 2.86. The fourth-order valence-corrected chi connectivity index (χ4v) is 3.10. The monoisotopic (exact) mass is 314 g/mol. The summed E-state index contributed by atoms with van der Waals surface area (Å²) >= 11 is 0. The van der Waals surface area contributed by atoms with Crippen LogP contribution in [0.1, 0.15) is 12.0 Å². The first-order valence-electron chi connectivity index (χ1n) is 6.82. The van der Waals surface area contributed by atoms with E-state index in [0.29, 0.717) is 12.4 Å². The molecule has 0 amide bonds. The minimum atomic E-state index is -3.36. The molecule has 8 heteroatoms. The molecule has 2 heterocycles. The predicted molar refractivity (Wildman–Crippen MR) is 80.2 cm³/mol. The lowest BCUT2D eigenvalue weighted by Gasteiger charge is -2.18. The Labute approximate surface area is 126 Å². The molecule has 0 saturated carbocycles. The van der Waals surface area contributed by atoms with E-state index in [1.807, 2.05) is 12.1 Å². The van der Waals surface area contributed by atoms with Gasteiger partial charge in [0.2, 0.25) is 5.88 Å². The minimum Gasteiger partial charge on any atom is -0.481 e. The van der Waals surface area contributed by atoms with E-state index in [9.17, 15) is 8.42 Å². The second kappa shape index (κ2) is 6.69. The van der Waals surface area contributed by atoms with Crippen LogP contribution in [-0.2, 0) is 16.8 Å². The summed E-state index contributed by atoms with van der Waals surface area (Å²) in [5.74, 6) is 0.594. The zero-order valence-corrected chi connectivity index (χ0v) is 13.4. The normalized spacial score (nSPS) is 20.1. The third-order valence-electron chi connectivity index (χ3n) is 3.48. The molecule has 1 fully saturated rings. The zero-order valence-electron chi connectivity index (χ0n) is 12.6. The first-order valence-corrected chi connectivity index (χ1v) is 8.26. The van der Waals surface area contributed by atoms with Gasteiger partial charge in [0.15, 0.2) is 0 Å². The molecule has 21 heavy (non-hydrogen) atoms. The van der Waals surface area contributed by atoms with Gasteiger partial charge in [0.1, 0.15) is 0 Å². The smallest absolute Gasteiger partial charge is 0.279 e. The Morgan fingerprint density at radius 2 is 2.24 bits per heavy atom. The van der Waals surface area contributed by atoms with Gasteiger partial charge in [-0.15, -0.1) is 0 Å². The molecule has 0 aliphatic carbocycles. The van der Waals surface area contributed by atoms with Crippen molar-refractivity contribution in [1.82, 2.24) is 18.9 Å². The summed E-state index contributed by atoms with van der Waals surface area (Å²) in [5, 5.41) is 0. The van der Waals surface area contributed by atoms with Crippen molar-refractivity contribution in [3.63, 3.8) is 0 Å². The summed E-state index contributed by atoms with van der Waals surface area (Å²) < 4.78 is 32.5. The Hall–Kier alpha value is -1.22. The molecular weight excluding hydrogens is 292 g/mol. The Kier molecular flexibility index (Phi) is 5.15. The number of nitrogens with one attached hydrogen (secondary N) is 1. The van der Waals surface area contributed by atoms with Crippen LogP contribution >= 0.6 is 0 Å². The van der Waals surface area contributed by atoms with Gasteiger partial charge >= 0.3 is 0 Å². The van der Waals surface area contributed by atoms with Gasteiger partial charge in [-0.1, -0.05) is 6.07 Å². The molecule has 7 nitrogen and oxygen atoms in total. The summed E-state index contributed by atoms with van der Waals surface area (Å²) in [6.07, 6.45) is 2.60. The number of ether oxygens (including phenoxy) is 1. The highest BCUT2D eigenvalue weighted by atomic mass is 32.2. The maximum absolute atomic E-state index is 11.8. The van der Waals surface area contributed by atoms with Crippen molar-refractivity contribution in [2.45, 2.75) is 19.0 Å². The summed E-state index contributed by atoms with van der Waals surface area (Å²) in [4.78, 5) is 6.39. The van der Waals surface area contributed by atoms with Crippen molar-refractivity contribution < 1.29 is 13.2 Å². The lowest BCUT2D eigenvalue weighted by atomic mass is 10.2. The maximum Gasteiger partial charge on any atom is 0.279 e. The maximum atomic E-state index is 11.8. The molecule has 1 saturated heterocycles. The molecule has 0 spiro atoms. The summed E-state index contributed by atoms with van der Waals surface area (Å²) in [7, 11) is 1.28. The highest BCUT2D eigenvalue weighted by Gasteiger charge is 2.27. The number of aromatic nitrogens is 1. The van der Waals surface area contributed by atoms with E-state index in [1.165, 1.54) is 18.4 Å². The number of rotatable bonds is 6. The fraction of sp³-hybridized carbons (Fsp3) is 0.615. The largest absolute Gasteiger partial charge is 0.481 e. The molecule has 1 unspecified atom stereocenters. The molecular formula is C13H22N4O3S. The van der Waals surface area contributed by atoms with E-state index in [1.54, 1.807) is 13.3 Å². The van der Waals surface area contributed by atoms with Crippen molar-refractivity contribution in [3.8, 4) is 5.88 Å². The molecule has 1 aromatic heterocycles. The molecule has 1 aromatic rings. The number of hydrogen-bond acceptors (Lipinski definition) is 5. The number of hydrogen-bond donors (Lipinski definition) is 1. The van der Waals surface area contributed by atoms with Crippen molar-refractivity contribution >= 4 is 10.2 Å². The summed E-state index contributed by atoms with van der Waals surface area (Å²) in [6.45, 7) is 2.34. The number of nitrogens with zero attached hydrogens (tertiary/aromatic N) is 3. The lowest BCUT2D eigenvalue weighted by Crippen LogP contribution is -2.43.